The zero-order valence-electron chi connectivity index (χ0n) is 11.3. The molecule has 0 aromatic heterocycles. The van der Waals surface area contributed by atoms with Gasteiger partial charge < -0.3 is 10.6 Å². The van der Waals surface area contributed by atoms with Crippen LogP contribution in [0.25, 0.3) is 0 Å². The number of hydrogen-bond acceptors (Lipinski definition) is 2. The maximum absolute atomic E-state index is 11.9. The molecule has 102 valence electrons. The van der Waals surface area contributed by atoms with Crippen LogP contribution >= 0.6 is 0 Å². The molecule has 3 nitrogen and oxygen atoms in total. The first-order chi connectivity index (χ1) is 8.78. The van der Waals surface area contributed by atoms with Crippen molar-refractivity contribution in [2.75, 3.05) is 19.6 Å². The third-order valence-electron chi connectivity index (χ3n) is 5.15. The van der Waals surface area contributed by atoms with E-state index < -0.39 is 0 Å². The molecular weight excluding hydrogens is 224 g/mol. The molecule has 1 saturated heterocycles. The molecule has 3 rings (SSSR count). The summed E-state index contributed by atoms with van der Waals surface area (Å²) in [6, 6.07) is 0. The van der Waals surface area contributed by atoms with Crippen LogP contribution in [0.5, 0.6) is 0 Å². The summed E-state index contributed by atoms with van der Waals surface area (Å²) in [6.45, 7) is 3.23. The number of hydrogen-bond donors (Lipinski definition) is 2. The number of amides is 1. The maximum atomic E-state index is 11.9. The zero-order chi connectivity index (χ0) is 12.4. The summed E-state index contributed by atoms with van der Waals surface area (Å²) < 4.78 is 0. The Labute approximate surface area is 110 Å². The molecule has 3 heteroatoms. The van der Waals surface area contributed by atoms with Gasteiger partial charge in [-0.05, 0) is 75.3 Å². The van der Waals surface area contributed by atoms with Crippen molar-refractivity contribution in [3.63, 3.8) is 0 Å². The van der Waals surface area contributed by atoms with E-state index in [1.165, 1.54) is 38.5 Å². The number of piperidine rings is 1. The summed E-state index contributed by atoms with van der Waals surface area (Å²) in [7, 11) is 0. The molecule has 1 unspecified atom stereocenters. The Bertz CT molecular complexity index is 302. The first-order valence-electron chi connectivity index (χ1n) is 7.76. The van der Waals surface area contributed by atoms with E-state index in [9.17, 15) is 4.79 Å². The monoisotopic (exact) mass is 250 g/mol. The third-order valence-corrected chi connectivity index (χ3v) is 5.15. The van der Waals surface area contributed by atoms with Crippen molar-refractivity contribution < 1.29 is 4.79 Å². The lowest BCUT2D eigenvalue weighted by Gasteiger charge is -2.22. The highest BCUT2D eigenvalue weighted by Gasteiger charge is 2.53. The van der Waals surface area contributed by atoms with Crippen LogP contribution in [0.4, 0.5) is 0 Å². The summed E-state index contributed by atoms with van der Waals surface area (Å²) in [6.07, 6.45) is 9.88. The summed E-state index contributed by atoms with van der Waals surface area (Å²) in [5.41, 5.74) is 0.544. The average molecular weight is 250 g/mol. The highest BCUT2D eigenvalue weighted by molar-refractivity contribution is 5.75. The van der Waals surface area contributed by atoms with Gasteiger partial charge in [-0.2, -0.15) is 0 Å². The van der Waals surface area contributed by atoms with Crippen molar-refractivity contribution in [2.45, 2.75) is 51.4 Å². The summed E-state index contributed by atoms with van der Waals surface area (Å²) >= 11 is 0. The van der Waals surface area contributed by atoms with E-state index in [1.54, 1.807) is 0 Å². The Morgan fingerprint density at radius 3 is 2.72 bits per heavy atom. The standard InChI is InChI=1S/C15H26N2O/c18-14(6-3-12-2-1-9-16-10-12)17-11-15(7-8-15)13-4-5-13/h12-13,16H,1-11H2,(H,17,18). The molecule has 2 saturated carbocycles. The van der Waals surface area contributed by atoms with Crippen molar-refractivity contribution >= 4 is 5.91 Å². The minimum absolute atomic E-state index is 0.285. The molecule has 1 heterocycles. The lowest BCUT2D eigenvalue weighted by atomic mass is 9.94. The van der Waals surface area contributed by atoms with Gasteiger partial charge in [-0.3, -0.25) is 4.79 Å². The minimum atomic E-state index is 0.285. The molecule has 0 aromatic rings. The predicted octanol–water partition coefficient (Wildman–Crippen LogP) is 2.07. The van der Waals surface area contributed by atoms with Crippen LogP contribution in [0.1, 0.15) is 51.4 Å². The minimum Gasteiger partial charge on any atom is -0.356 e. The molecule has 1 amide bonds. The number of carbonyl (C=O) groups excluding carboxylic acids is 1. The molecule has 18 heavy (non-hydrogen) atoms. The van der Waals surface area contributed by atoms with Crippen molar-refractivity contribution in [1.29, 1.82) is 0 Å². The molecule has 1 aliphatic heterocycles. The summed E-state index contributed by atoms with van der Waals surface area (Å²) in [4.78, 5) is 11.9. The number of rotatable bonds is 6. The second-order valence-electron chi connectivity index (χ2n) is 6.66. The van der Waals surface area contributed by atoms with Gasteiger partial charge in [-0.1, -0.05) is 0 Å². The zero-order valence-corrected chi connectivity index (χ0v) is 11.3. The van der Waals surface area contributed by atoms with Crippen LogP contribution in [-0.2, 0) is 4.79 Å². The lowest BCUT2D eigenvalue weighted by Crippen LogP contribution is -2.33. The third kappa shape index (κ3) is 3.05. The fourth-order valence-corrected chi connectivity index (χ4v) is 3.45. The predicted molar refractivity (Wildman–Crippen MR) is 72.2 cm³/mol. The van der Waals surface area contributed by atoms with E-state index in [0.29, 0.717) is 5.41 Å². The van der Waals surface area contributed by atoms with E-state index in [0.717, 1.165) is 44.3 Å². The molecule has 0 radical (unpaired) electrons. The van der Waals surface area contributed by atoms with Crippen molar-refractivity contribution in [1.82, 2.24) is 10.6 Å². The molecule has 3 aliphatic rings. The topological polar surface area (TPSA) is 41.1 Å². The van der Waals surface area contributed by atoms with Crippen LogP contribution in [0.3, 0.4) is 0 Å². The summed E-state index contributed by atoms with van der Waals surface area (Å²) in [5.74, 6) is 1.95. The first kappa shape index (κ1) is 12.5. The van der Waals surface area contributed by atoms with Crippen LogP contribution in [0, 0.1) is 17.3 Å². The van der Waals surface area contributed by atoms with Gasteiger partial charge >= 0.3 is 0 Å². The van der Waals surface area contributed by atoms with Crippen LogP contribution < -0.4 is 10.6 Å². The van der Waals surface area contributed by atoms with E-state index in [1.807, 2.05) is 0 Å². The van der Waals surface area contributed by atoms with Crippen molar-refractivity contribution in [3.05, 3.63) is 0 Å². The molecule has 3 fully saturated rings. The SMILES string of the molecule is O=C(CCC1CCCNC1)NCC1(C2CC2)CC1. The maximum Gasteiger partial charge on any atom is 0.220 e. The van der Waals surface area contributed by atoms with Crippen molar-refractivity contribution in [3.8, 4) is 0 Å². The first-order valence-corrected chi connectivity index (χ1v) is 7.76. The largest absolute Gasteiger partial charge is 0.356 e. The molecular formula is C15H26N2O. The average Bonchev–Trinajstić information content (AvgIpc) is 3.28. The lowest BCUT2D eigenvalue weighted by molar-refractivity contribution is -0.121. The molecule has 0 spiro atoms. The van der Waals surface area contributed by atoms with Gasteiger partial charge in [0.05, 0.1) is 0 Å². The van der Waals surface area contributed by atoms with E-state index in [2.05, 4.69) is 10.6 Å². The molecule has 1 atom stereocenters. The van der Waals surface area contributed by atoms with Crippen LogP contribution in [-0.4, -0.2) is 25.5 Å². The second kappa shape index (κ2) is 5.20. The van der Waals surface area contributed by atoms with Crippen LogP contribution in [0.15, 0.2) is 0 Å². The fraction of sp³-hybridized carbons (Fsp3) is 0.933. The van der Waals surface area contributed by atoms with E-state index in [4.69, 9.17) is 0 Å². The van der Waals surface area contributed by atoms with Gasteiger partial charge in [0.25, 0.3) is 0 Å². The van der Waals surface area contributed by atoms with E-state index >= 15 is 0 Å². The highest BCUT2D eigenvalue weighted by atomic mass is 16.1. The molecule has 2 N–H and O–H groups in total. The molecule has 0 aromatic carbocycles. The Morgan fingerprint density at radius 1 is 1.28 bits per heavy atom. The number of carbonyl (C=O) groups is 1. The van der Waals surface area contributed by atoms with Gasteiger partial charge in [-0.15, -0.1) is 0 Å². The van der Waals surface area contributed by atoms with Crippen LogP contribution in [0.2, 0.25) is 0 Å². The second-order valence-corrected chi connectivity index (χ2v) is 6.66. The highest BCUT2D eigenvalue weighted by Crippen LogP contribution is 2.60. The fourth-order valence-electron chi connectivity index (χ4n) is 3.45. The quantitative estimate of drug-likeness (QED) is 0.758. The smallest absolute Gasteiger partial charge is 0.220 e. The van der Waals surface area contributed by atoms with Gasteiger partial charge in [0.2, 0.25) is 5.91 Å². The van der Waals surface area contributed by atoms with Gasteiger partial charge in [0.1, 0.15) is 0 Å². The normalized spacial score (nSPS) is 29.9. The Hall–Kier alpha value is -0.570. The van der Waals surface area contributed by atoms with Gasteiger partial charge in [-0.25, -0.2) is 0 Å². The van der Waals surface area contributed by atoms with E-state index in [-0.39, 0.29) is 5.91 Å². The Kier molecular flexibility index (Phi) is 3.60. The molecule has 0 bridgehead atoms. The molecule has 2 aliphatic carbocycles. The Morgan fingerprint density at radius 2 is 2.11 bits per heavy atom. The summed E-state index contributed by atoms with van der Waals surface area (Å²) in [5, 5.41) is 6.60. The van der Waals surface area contributed by atoms with Crippen molar-refractivity contribution in [2.24, 2.45) is 17.3 Å². The Balaban J connectivity index is 1.32. The van der Waals surface area contributed by atoms with Gasteiger partial charge in [0, 0.05) is 13.0 Å². The van der Waals surface area contributed by atoms with Gasteiger partial charge in [0.15, 0.2) is 0 Å². The number of nitrogens with one attached hydrogen (secondary N) is 2.